The number of hydrogen-bond acceptors (Lipinski definition) is 5. The molecule has 6 heteroatoms. The van der Waals surface area contributed by atoms with Crippen LogP contribution >= 0.6 is 0 Å². The van der Waals surface area contributed by atoms with Gasteiger partial charge in [-0.3, -0.25) is 10.1 Å². The number of fused-ring (bicyclic) bond motifs is 1. The van der Waals surface area contributed by atoms with Crippen LogP contribution in [0, 0.1) is 0 Å². The van der Waals surface area contributed by atoms with E-state index in [9.17, 15) is 0 Å². The highest BCUT2D eigenvalue weighted by Crippen LogP contribution is 2.21. The van der Waals surface area contributed by atoms with Gasteiger partial charge in [-0.25, -0.2) is 9.97 Å². The predicted octanol–water partition coefficient (Wildman–Crippen LogP) is 1.92. The molecule has 3 aromatic heterocycles. The third kappa shape index (κ3) is 1.88. The third-order valence-electron chi connectivity index (χ3n) is 2.73. The fourth-order valence-electron chi connectivity index (χ4n) is 1.79. The van der Waals surface area contributed by atoms with Gasteiger partial charge in [-0.1, -0.05) is 6.07 Å². The summed E-state index contributed by atoms with van der Waals surface area (Å²) in [5.74, 6) is 0.756. The number of hydrogen-bond donors (Lipinski definition) is 2. The standard InChI is InChI=1S/C12H12N6/c1-8(10-4-2-3-5-13-10)17-11-9-6-16-18-12(9)15-7-14-11/h2-8H,1H3,(H2,14,15,16,17,18)/t8-/m0/s1. The number of aromatic amines is 1. The van der Waals surface area contributed by atoms with E-state index in [4.69, 9.17) is 0 Å². The molecule has 0 aromatic carbocycles. The van der Waals surface area contributed by atoms with Crippen molar-refractivity contribution in [1.82, 2.24) is 25.1 Å². The molecule has 0 amide bonds. The van der Waals surface area contributed by atoms with Crippen molar-refractivity contribution in [3.8, 4) is 0 Å². The topological polar surface area (TPSA) is 79.4 Å². The Morgan fingerprint density at radius 3 is 3.00 bits per heavy atom. The van der Waals surface area contributed by atoms with Crippen molar-refractivity contribution < 1.29 is 0 Å². The molecule has 90 valence electrons. The monoisotopic (exact) mass is 240 g/mol. The number of pyridine rings is 1. The number of nitrogens with one attached hydrogen (secondary N) is 2. The molecule has 0 aliphatic carbocycles. The Labute approximate surface area is 104 Å². The molecule has 0 spiro atoms. The fraction of sp³-hybridized carbons (Fsp3) is 0.167. The number of aromatic nitrogens is 5. The lowest BCUT2D eigenvalue weighted by Crippen LogP contribution is -2.09. The summed E-state index contributed by atoms with van der Waals surface area (Å²) < 4.78 is 0. The van der Waals surface area contributed by atoms with Gasteiger partial charge < -0.3 is 5.32 Å². The van der Waals surface area contributed by atoms with E-state index in [0.717, 1.165) is 22.5 Å². The molecule has 0 fully saturated rings. The van der Waals surface area contributed by atoms with E-state index in [0.29, 0.717) is 0 Å². The van der Waals surface area contributed by atoms with Crippen molar-refractivity contribution in [2.24, 2.45) is 0 Å². The van der Waals surface area contributed by atoms with Crippen LogP contribution in [-0.2, 0) is 0 Å². The molecule has 0 aliphatic rings. The van der Waals surface area contributed by atoms with E-state index in [1.54, 1.807) is 12.4 Å². The van der Waals surface area contributed by atoms with Crippen molar-refractivity contribution in [2.45, 2.75) is 13.0 Å². The fourth-order valence-corrected chi connectivity index (χ4v) is 1.79. The van der Waals surface area contributed by atoms with Crippen LogP contribution in [0.1, 0.15) is 18.7 Å². The summed E-state index contributed by atoms with van der Waals surface area (Å²) in [5, 5.41) is 11.0. The highest BCUT2D eigenvalue weighted by molar-refractivity contribution is 5.85. The number of H-pyrrole nitrogens is 1. The zero-order valence-corrected chi connectivity index (χ0v) is 9.83. The maximum absolute atomic E-state index is 4.31. The van der Waals surface area contributed by atoms with Crippen molar-refractivity contribution in [3.63, 3.8) is 0 Å². The molecule has 18 heavy (non-hydrogen) atoms. The first-order valence-corrected chi connectivity index (χ1v) is 5.66. The summed E-state index contributed by atoms with van der Waals surface area (Å²) in [6, 6.07) is 5.91. The van der Waals surface area contributed by atoms with Crippen LogP contribution < -0.4 is 5.32 Å². The minimum Gasteiger partial charge on any atom is -0.361 e. The average molecular weight is 240 g/mol. The minimum atomic E-state index is 0.0687. The van der Waals surface area contributed by atoms with Crippen molar-refractivity contribution in [1.29, 1.82) is 0 Å². The van der Waals surface area contributed by atoms with E-state index in [2.05, 4.69) is 30.5 Å². The van der Waals surface area contributed by atoms with Gasteiger partial charge in [0.05, 0.1) is 23.3 Å². The first-order valence-electron chi connectivity index (χ1n) is 5.66. The molecule has 0 bridgehead atoms. The largest absolute Gasteiger partial charge is 0.361 e. The highest BCUT2D eigenvalue weighted by atomic mass is 15.2. The first-order chi connectivity index (χ1) is 8.84. The van der Waals surface area contributed by atoms with Gasteiger partial charge in [-0.15, -0.1) is 0 Å². The zero-order valence-electron chi connectivity index (χ0n) is 9.83. The van der Waals surface area contributed by atoms with Gasteiger partial charge in [0.25, 0.3) is 0 Å². The van der Waals surface area contributed by atoms with Gasteiger partial charge in [-0.05, 0) is 19.1 Å². The molecule has 0 saturated carbocycles. The Bertz CT molecular complexity index is 648. The van der Waals surface area contributed by atoms with Crippen LogP contribution in [0.4, 0.5) is 5.82 Å². The first kappa shape index (κ1) is 10.6. The van der Waals surface area contributed by atoms with Gasteiger partial charge in [0.1, 0.15) is 12.1 Å². The third-order valence-corrected chi connectivity index (χ3v) is 2.73. The molecule has 0 unspecified atom stereocenters. The van der Waals surface area contributed by atoms with Crippen LogP contribution in [0.2, 0.25) is 0 Å². The van der Waals surface area contributed by atoms with Gasteiger partial charge >= 0.3 is 0 Å². The highest BCUT2D eigenvalue weighted by Gasteiger charge is 2.10. The summed E-state index contributed by atoms with van der Waals surface area (Å²) in [5.41, 5.74) is 1.69. The second-order valence-corrected chi connectivity index (χ2v) is 3.98. The Morgan fingerprint density at radius 1 is 1.22 bits per heavy atom. The number of nitrogens with zero attached hydrogens (tertiary/aromatic N) is 4. The molecule has 0 aliphatic heterocycles. The lowest BCUT2D eigenvalue weighted by Gasteiger charge is -2.13. The Kier molecular flexibility index (Phi) is 2.60. The lowest BCUT2D eigenvalue weighted by molar-refractivity contribution is 0.833. The summed E-state index contributed by atoms with van der Waals surface area (Å²) >= 11 is 0. The quantitative estimate of drug-likeness (QED) is 0.731. The van der Waals surface area contributed by atoms with Crippen molar-refractivity contribution in [3.05, 3.63) is 42.6 Å². The summed E-state index contributed by atoms with van der Waals surface area (Å²) in [6.07, 6.45) is 5.00. The van der Waals surface area contributed by atoms with Crippen molar-refractivity contribution in [2.75, 3.05) is 5.32 Å². The normalized spacial score (nSPS) is 12.5. The Balaban J connectivity index is 1.91. The number of anilines is 1. The second kappa shape index (κ2) is 4.40. The van der Waals surface area contributed by atoms with Crippen LogP contribution in [0.5, 0.6) is 0 Å². The smallest absolute Gasteiger partial charge is 0.160 e. The molecule has 3 rings (SSSR count). The Morgan fingerprint density at radius 2 is 2.17 bits per heavy atom. The van der Waals surface area contributed by atoms with Crippen LogP contribution in [0.25, 0.3) is 11.0 Å². The van der Waals surface area contributed by atoms with Crippen LogP contribution in [-0.4, -0.2) is 25.1 Å². The van der Waals surface area contributed by atoms with E-state index >= 15 is 0 Å². The molecule has 0 saturated heterocycles. The minimum absolute atomic E-state index is 0.0687. The second-order valence-electron chi connectivity index (χ2n) is 3.98. The average Bonchev–Trinajstić information content (AvgIpc) is 2.89. The van der Waals surface area contributed by atoms with E-state index < -0.39 is 0 Å². The molecule has 3 aromatic rings. The zero-order chi connectivity index (χ0) is 12.4. The molecule has 1 atom stereocenters. The SMILES string of the molecule is C[C@H](Nc1ncnc2[nH]ncc12)c1ccccn1. The van der Waals surface area contributed by atoms with Gasteiger partial charge in [0.15, 0.2) is 5.65 Å². The maximum atomic E-state index is 4.31. The molecule has 0 radical (unpaired) electrons. The molecule has 3 heterocycles. The van der Waals surface area contributed by atoms with Gasteiger partial charge in [0.2, 0.25) is 0 Å². The maximum Gasteiger partial charge on any atom is 0.160 e. The van der Waals surface area contributed by atoms with Crippen molar-refractivity contribution >= 4 is 16.9 Å². The number of rotatable bonds is 3. The van der Waals surface area contributed by atoms with E-state index in [1.807, 2.05) is 25.1 Å². The van der Waals surface area contributed by atoms with E-state index in [1.165, 1.54) is 6.33 Å². The Hall–Kier alpha value is -2.50. The molecular formula is C12H12N6. The van der Waals surface area contributed by atoms with Gasteiger partial charge in [-0.2, -0.15) is 5.10 Å². The van der Waals surface area contributed by atoms with E-state index in [-0.39, 0.29) is 6.04 Å². The molecule has 6 nitrogen and oxygen atoms in total. The molecule has 2 N–H and O–H groups in total. The summed E-state index contributed by atoms with van der Waals surface area (Å²) in [6.45, 7) is 2.04. The predicted molar refractivity (Wildman–Crippen MR) is 68.0 cm³/mol. The summed E-state index contributed by atoms with van der Waals surface area (Å²) in [4.78, 5) is 12.6. The van der Waals surface area contributed by atoms with Crippen LogP contribution in [0.15, 0.2) is 36.9 Å². The molecular weight excluding hydrogens is 228 g/mol. The lowest BCUT2D eigenvalue weighted by atomic mass is 10.2. The van der Waals surface area contributed by atoms with Gasteiger partial charge in [0, 0.05) is 6.20 Å². The van der Waals surface area contributed by atoms with Crippen LogP contribution in [0.3, 0.4) is 0 Å². The summed E-state index contributed by atoms with van der Waals surface area (Å²) in [7, 11) is 0.